The molecule has 0 aromatic carbocycles. The topological polar surface area (TPSA) is 95.1 Å². The van der Waals surface area contributed by atoms with Gasteiger partial charge in [0.2, 0.25) is 5.91 Å². The minimum atomic E-state index is -1.10. The summed E-state index contributed by atoms with van der Waals surface area (Å²) >= 11 is 0. The zero-order chi connectivity index (χ0) is 12.7. The summed E-state index contributed by atoms with van der Waals surface area (Å²) in [6.07, 6.45) is 4.57. The lowest BCUT2D eigenvalue weighted by molar-refractivity contribution is -0.116. The van der Waals surface area contributed by atoms with Crippen LogP contribution in [0.15, 0.2) is 6.07 Å². The molecule has 1 amide bonds. The summed E-state index contributed by atoms with van der Waals surface area (Å²) in [6, 6.07) is 1.30. The van der Waals surface area contributed by atoms with Crippen LogP contribution in [0.5, 0.6) is 0 Å². The summed E-state index contributed by atoms with van der Waals surface area (Å²) in [5, 5.41) is 17.2. The van der Waals surface area contributed by atoms with E-state index in [-0.39, 0.29) is 17.4 Å². The maximum atomic E-state index is 11.4. The van der Waals surface area contributed by atoms with Crippen molar-refractivity contribution in [2.75, 3.05) is 5.32 Å². The van der Waals surface area contributed by atoms with E-state index < -0.39 is 5.97 Å². The van der Waals surface area contributed by atoms with Gasteiger partial charge >= 0.3 is 5.97 Å². The zero-order valence-corrected chi connectivity index (χ0v) is 9.82. The number of carboxylic acid groups (broad SMARTS) is 1. The third-order valence-electron chi connectivity index (χ3n) is 2.33. The normalized spacial score (nSPS) is 10.2. The van der Waals surface area contributed by atoms with Gasteiger partial charge in [0.05, 0.1) is 0 Å². The molecule has 1 aromatic rings. The van der Waals surface area contributed by atoms with Crippen molar-refractivity contribution in [3.63, 3.8) is 0 Å². The summed E-state index contributed by atoms with van der Waals surface area (Å²) < 4.78 is 0. The SMILES string of the molecule is CCCCCCC(=O)Nc1cc(C(=O)O)[nH]n1. The fraction of sp³-hybridized carbons (Fsp3) is 0.545. The number of hydrogen-bond acceptors (Lipinski definition) is 3. The predicted octanol–water partition coefficient (Wildman–Crippen LogP) is 2.02. The van der Waals surface area contributed by atoms with Gasteiger partial charge in [-0.25, -0.2) is 4.79 Å². The van der Waals surface area contributed by atoms with E-state index in [4.69, 9.17) is 5.11 Å². The molecule has 0 saturated heterocycles. The molecule has 0 fully saturated rings. The molecule has 17 heavy (non-hydrogen) atoms. The molecule has 0 spiro atoms. The van der Waals surface area contributed by atoms with Crippen LogP contribution in [0.2, 0.25) is 0 Å². The molecule has 1 rings (SSSR count). The number of rotatable bonds is 7. The highest BCUT2D eigenvalue weighted by atomic mass is 16.4. The van der Waals surface area contributed by atoms with E-state index in [1.54, 1.807) is 0 Å². The number of hydrogen-bond donors (Lipinski definition) is 3. The molecule has 6 nitrogen and oxygen atoms in total. The Labute approximate surface area is 99.4 Å². The van der Waals surface area contributed by atoms with Gasteiger partial charge < -0.3 is 10.4 Å². The fourth-order valence-electron chi connectivity index (χ4n) is 1.41. The highest BCUT2D eigenvalue weighted by Crippen LogP contribution is 2.08. The Kier molecular flexibility index (Phi) is 5.19. The summed E-state index contributed by atoms with van der Waals surface area (Å²) in [6.45, 7) is 2.11. The molecular formula is C11H17N3O3. The Morgan fingerprint density at radius 1 is 1.41 bits per heavy atom. The number of aromatic carboxylic acids is 1. The van der Waals surface area contributed by atoms with Crippen molar-refractivity contribution in [2.45, 2.75) is 39.0 Å². The number of carbonyl (C=O) groups excluding carboxylic acids is 1. The van der Waals surface area contributed by atoms with Gasteiger partial charge in [-0.1, -0.05) is 26.2 Å². The maximum Gasteiger partial charge on any atom is 0.353 e. The van der Waals surface area contributed by atoms with Crippen LogP contribution in [0.1, 0.15) is 49.5 Å². The van der Waals surface area contributed by atoms with Gasteiger partial charge in [-0.2, -0.15) is 5.10 Å². The molecule has 0 atom stereocenters. The van der Waals surface area contributed by atoms with E-state index in [0.717, 1.165) is 25.7 Å². The largest absolute Gasteiger partial charge is 0.477 e. The van der Waals surface area contributed by atoms with E-state index in [0.29, 0.717) is 6.42 Å². The highest BCUT2D eigenvalue weighted by molar-refractivity contribution is 5.92. The van der Waals surface area contributed by atoms with E-state index in [1.165, 1.54) is 6.07 Å². The van der Waals surface area contributed by atoms with E-state index >= 15 is 0 Å². The number of unbranched alkanes of at least 4 members (excludes halogenated alkanes) is 3. The average molecular weight is 239 g/mol. The van der Waals surface area contributed by atoms with Crippen LogP contribution in [0.4, 0.5) is 5.82 Å². The lowest BCUT2D eigenvalue weighted by Gasteiger charge is -2.00. The predicted molar refractivity (Wildman–Crippen MR) is 62.9 cm³/mol. The van der Waals surface area contributed by atoms with Gasteiger partial charge in [0.25, 0.3) is 0 Å². The van der Waals surface area contributed by atoms with Gasteiger partial charge in [0.1, 0.15) is 5.69 Å². The molecule has 0 aliphatic carbocycles. The van der Waals surface area contributed by atoms with Gasteiger partial charge in [-0.15, -0.1) is 0 Å². The first-order chi connectivity index (χ1) is 8.13. The number of nitrogens with one attached hydrogen (secondary N) is 2. The van der Waals surface area contributed by atoms with Gasteiger partial charge in [0, 0.05) is 12.5 Å². The standard InChI is InChI=1S/C11H17N3O3/c1-2-3-4-5-6-10(15)12-9-7-8(11(16)17)13-14-9/h7H,2-6H2,1H3,(H,16,17)(H2,12,13,14,15). The van der Waals surface area contributed by atoms with Gasteiger partial charge in [0.15, 0.2) is 5.82 Å². The number of anilines is 1. The highest BCUT2D eigenvalue weighted by Gasteiger charge is 2.09. The minimum absolute atomic E-state index is 0.0358. The lowest BCUT2D eigenvalue weighted by Crippen LogP contribution is -2.11. The first-order valence-corrected chi connectivity index (χ1v) is 5.72. The second kappa shape index (κ2) is 6.67. The summed E-state index contributed by atoms with van der Waals surface area (Å²) in [5.74, 6) is -0.978. The third-order valence-corrected chi connectivity index (χ3v) is 2.33. The molecule has 0 bridgehead atoms. The van der Waals surface area contributed by atoms with Crippen LogP contribution >= 0.6 is 0 Å². The number of carboxylic acids is 1. The Morgan fingerprint density at radius 2 is 2.18 bits per heavy atom. The van der Waals surface area contributed by atoms with Crippen LogP contribution in [0.25, 0.3) is 0 Å². The third kappa shape index (κ3) is 4.67. The number of carbonyl (C=O) groups is 2. The molecule has 0 radical (unpaired) electrons. The quantitative estimate of drug-likeness (QED) is 0.634. The lowest BCUT2D eigenvalue weighted by atomic mass is 10.1. The fourth-order valence-corrected chi connectivity index (χ4v) is 1.41. The molecule has 3 N–H and O–H groups in total. The van der Waals surface area contributed by atoms with E-state index in [9.17, 15) is 9.59 Å². The smallest absolute Gasteiger partial charge is 0.353 e. The number of aromatic nitrogens is 2. The Hall–Kier alpha value is -1.85. The second-order valence-electron chi connectivity index (χ2n) is 3.83. The molecule has 0 aliphatic rings. The van der Waals surface area contributed by atoms with Crippen molar-refractivity contribution >= 4 is 17.7 Å². The van der Waals surface area contributed by atoms with Crippen molar-refractivity contribution < 1.29 is 14.7 Å². The van der Waals surface area contributed by atoms with E-state index in [1.807, 2.05) is 0 Å². The second-order valence-corrected chi connectivity index (χ2v) is 3.83. The molecular weight excluding hydrogens is 222 g/mol. The molecule has 94 valence electrons. The van der Waals surface area contributed by atoms with Gasteiger partial charge in [-0.3, -0.25) is 9.89 Å². The van der Waals surface area contributed by atoms with Crippen molar-refractivity contribution in [1.82, 2.24) is 10.2 Å². The molecule has 0 aliphatic heterocycles. The molecule has 1 aromatic heterocycles. The van der Waals surface area contributed by atoms with Crippen LogP contribution in [0, 0.1) is 0 Å². The zero-order valence-electron chi connectivity index (χ0n) is 9.82. The van der Waals surface area contributed by atoms with Crippen molar-refractivity contribution in [2.24, 2.45) is 0 Å². The average Bonchev–Trinajstić information content (AvgIpc) is 2.73. The molecule has 1 heterocycles. The number of nitrogens with zero attached hydrogens (tertiary/aromatic N) is 1. The van der Waals surface area contributed by atoms with Crippen LogP contribution in [0.3, 0.4) is 0 Å². The van der Waals surface area contributed by atoms with Crippen molar-refractivity contribution in [1.29, 1.82) is 0 Å². The van der Waals surface area contributed by atoms with Crippen molar-refractivity contribution in [3.05, 3.63) is 11.8 Å². The Balaban J connectivity index is 2.32. The number of H-pyrrole nitrogens is 1. The minimum Gasteiger partial charge on any atom is -0.477 e. The Bertz CT molecular complexity index is 387. The monoisotopic (exact) mass is 239 g/mol. The molecule has 0 saturated carbocycles. The molecule has 6 heteroatoms. The van der Waals surface area contributed by atoms with Crippen LogP contribution < -0.4 is 5.32 Å². The van der Waals surface area contributed by atoms with Crippen LogP contribution in [-0.4, -0.2) is 27.2 Å². The number of amides is 1. The van der Waals surface area contributed by atoms with Gasteiger partial charge in [-0.05, 0) is 6.42 Å². The number of aromatic amines is 1. The van der Waals surface area contributed by atoms with Crippen LogP contribution in [-0.2, 0) is 4.79 Å². The van der Waals surface area contributed by atoms with E-state index in [2.05, 4.69) is 22.4 Å². The molecule has 0 unspecified atom stereocenters. The van der Waals surface area contributed by atoms with Crippen molar-refractivity contribution in [3.8, 4) is 0 Å². The Morgan fingerprint density at radius 3 is 2.76 bits per heavy atom. The first-order valence-electron chi connectivity index (χ1n) is 5.72. The summed E-state index contributed by atoms with van der Waals surface area (Å²) in [4.78, 5) is 22.0. The summed E-state index contributed by atoms with van der Waals surface area (Å²) in [7, 11) is 0. The summed E-state index contributed by atoms with van der Waals surface area (Å²) in [5.41, 5.74) is -0.0358. The maximum absolute atomic E-state index is 11.4. The first kappa shape index (κ1) is 13.2.